The first-order valence-corrected chi connectivity index (χ1v) is 26.2. The van der Waals surface area contributed by atoms with Crippen LogP contribution >= 0.6 is 0 Å². The first kappa shape index (κ1) is 38.9. The molecule has 7 aliphatic rings. The average molecular weight is 974 g/mol. The number of aromatic nitrogens is 2. The lowest BCUT2D eigenvalue weighted by atomic mass is 9.52. The highest BCUT2D eigenvalue weighted by atomic mass is 16.5. The topological polar surface area (TPSA) is 33.5 Å². The molecule has 5 nitrogen and oxygen atoms in total. The van der Waals surface area contributed by atoms with E-state index >= 15 is 0 Å². The monoisotopic (exact) mass is 973 g/mol. The predicted molar refractivity (Wildman–Crippen MR) is 307 cm³/mol. The predicted octanol–water partition coefficient (Wildman–Crippen LogP) is 17.7. The van der Waals surface area contributed by atoms with Gasteiger partial charge in [-0.3, -0.25) is 4.57 Å². The van der Waals surface area contributed by atoms with Gasteiger partial charge in [-0.1, -0.05) is 154 Å². The Morgan fingerprint density at radius 2 is 1.16 bits per heavy atom. The van der Waals surface area contributed by atoms with E-state index in [4.69, 9.17) is 16.6 Å². The number of pyridine rings is 1. The normalized spacial score (nSPS) is 18.8. The molecule has 1 aliphatic heterocycles. The van der Waals surface area contributed by atoms with Crippen LogP contribution in [0.3, 0.4) is 0 Å². The zero-order valence-electron chi connectivity index (χ0n) is 47.5. The van der Waals surface area contributed by atoms with Crippen molar-refractivity contribution < 1.29 is 11.6 Å². The van der Waals surface area contributed by atoms with Crippen LogP contribution in [0, 0.1) is 13.8 Å². The van der Waals surface area contributed by atoms with Gasteiger partial charge in [-0.2, -0.15) is 0 Å². The van der Waals surface area contributed by atoms with Crippen molar-refractivity contribution >= 4 is 44.6 Å². The van der Waals surface area contributed by atoms with E-state index in [1.165, 1.54) is 61.3 Å². The lowest BCUT2D eigenvalue weighted by molar-refractivity contribution is 0.483. The second-order valence-corrected chi connectivity index (χ2v) is 22.1. The van der Waals surface area contributed by atoms with Crippen LogP contribution in [-0.4, -0.2) is 16.2 Å². The maximum Gasteiger partial charge on any atom is 0.137 e. The Morgan fingerprint density at radius 3 is 1.91 bits per heavy atom. The fraction of sp³-hybridized carbons (Fsp3) is 0.157. The van der Waals surface area contributed by atoms with Crippen LogP contribution in [0.25, 0.3) is 38.8 Å². The van der Waals surface area contributed by atoms with Gasteiger partial charge in [-0.15, -0.1) is 0 Å². The van der Waals surface area contributed by atoms with Crippen LogP contribution in [0.2, 0.25) is 0 Å². The summed E-state index contributed by atoms with van der Waals surface area (Å²) in [6.07, 6.45) is 1.85. The Bertz CT molecular complexity index is 4380. The maximum atomic E-state index is 8.80. The molecule has 5 heteroatoms. The summed E-state index contributed by atoms with van der Waals surface area (Å²) >= 11 is 0. The molecule has 0 amide bonds. The van der Waals surface area contributed by atoms with E-state index < -0.39 is 6.04 Å². The highest BCUT2D eigenvalue weighted by Crippen LogP contribution is 2.66. The molecule has 6 aliphatic carbocycles. The average Bonchev–Trinajstić information content (AvgIpc) is 2.16. The minimum absolute atomic E-state index is 0.0899. The van der Waals surface area contributed by atoms with Crippen molar-refractivity contribution in [2.24, 2.45) is 0 Å². The number of ether oxygens (including phenoxy) is 1. The molecule has 0 spiro atoms. The van der Waals surface area contributed by atoms with Crippen LogP contribution < -0.4 is 14.5 Å². The maximum absolute atomic E-state index is 8.80. The van der Waals surface area contributed by atoms with Gasteiger partial charge >= 0.3 is 0 Å². The molecule has 3 heterocycles. The number of hydrogen-bond acceptors (Lipinski definition) is 4. The zero-order valence-corrected chi connectivity index (χ0v) is 42.5. The van der Waals surface area contributed by atoms with Gasteiger partial charge in [-0.25, -0.2) is 4.98 Å². The number of benzene rings is 9. The minimum atomic E-state index is -0.415. The second-order valence-electron chi connectivity index (χ2n) is 22.1. The van der Waals surface area contributed by atoms with Gasteiger partial charge in [-0.05, 0) is 153 Å². The summed E-state index contributed by atoms with van der Waals surface area (Å²) in [5.41, 5.74) is 22.1. The SMILES string of the molecule is [2H]c1c([2H])c([2H])c(-c2ccc3c(c2)c2ccc(Oc4cccc(N5CN(c6cc(C)cc7c6C6c8cc(C)ccc8C7C7c8ccccc8C6c6ccccc67)c6ccccc65)c4)cc2n3-c2cc(C(C)(C)C)ccn2)c([2H])c1[2H]. The van der Waals surface area contributed by atoms with E-state index in [0.29, 0.717) is 23.7 Å². The third-order valence-electron chi connectivity index (χ3n) is 16.7. The number of nitrogens with zero attached hydrogens (tertiary/aromatic N) is 4. The number of aryl methyl sites for hydroxylation is 2. The Kier molecular flexibility index (Phi) is 8.51. The van der Waals surface area contributed by atoms with E-state index in [1.807, 2.05) is 48.7 Å². The molecule has 9 aromatic carbocycles. The Morgan fingerprint density at radius 1 is 0.493 bits per heavy atom. The second kappa shape index (κ2) is 16.4. The molecule has 2 unspecified atom stereocenters. The van der Waals surface area contributed by atoms with E-state index in [1.54, 1.807) is 0 Å². The Balaban J connectivity index is 0.828. The molecule has 4 bridgehead atoms. The lowest BCUT2D eigenvalue weighted by Crippen LogP contribution is -2.37. The molecule has 2 atom stereocenters. The zero-order chi connectivity index (χ0) is 54.6. The summed E-state index contributed by atoms with van der Waals surface area (Å²) in [5.74, 6) is 2.62. The van der Waals surface area contributed by atoms with Crippen LogP contribution in [0.15, 0.2) is 212 Å². The lowest BCUT2D eigenvalue weighted by Gasteiger charge is -2.51. The van der Waals surface area contributed by atoms with Gasteiger partial charge < -0.3 is 14.5 Å². The van der Waals surface area contributed by atoms with Gasteiger partial charge in [0.25, 0.3) is 0 Å². The smallest absolute Gasteiger partial charge is 0.137 e. The molecule has 0 N–H and O–H groups in total. The molecule has 362 valence electrons. The Labute approximate surface area is 446 Å². The third-order valence-corrected chi connectivity index (χ3v) is 16.7. The van der Waals surface area contributed by atoms with Crippen molar-refractivity contribution in [3.63, 3.8) is 0 Å². The van der Waals surface area contributed by atoms with Crippen molar-refractivity contribution in [3.05, 3.63) is 274 Å². The van der Waals surface area contributed by atoms with Crippen LogP contribution in [0.5, 0.6) is 11.5 Å². The molecule has 0 saturated carbocycles. The molecule has 75 heavy (non-hydrogen) atoms. The molecular weight excluding hydrogens is 913 g/mol. The number of para-hydroxylation sites is 2. The fourth-order valence-corrected chi connectivity index (χ4v) is 13.5. The summed E-state index contributed by atoms with van der Waals surface area (Å²) in [6, 6.07) is 62.3. The molecule has 0 radical (unpaired) electrons. The van der Waals surface area contributed by atoms with Crippen molar-refractivity contribution in [1.29, 1.82) is 0 Å². The molecule has 11 aromatic rings. The van der Waals surface area contributed by atoms with Gasteiger partial charge in [0.1, 0.15) is 24.0 Å². The van der Waals surface area contributed by atoms with E-state index in [0.717, 1.165) is 50.2 Å². The van der Waals surface area contributed by atoms with Crippen molar-refractivity contribution in [2.75, 3.05) is 16.5 Å². The largest absolute Gasteiger partial charge is 0.457 e. The van der Waals surface area contributed by atoms with E-state index in [9.17, 15) is 0 Å². The summed E-state index contributed by atoms with van der Waals surface area (Å²) in [6.45, 7) is 11.7. The molecule has 0 saturated heterocycles. The summed E-state index contributed by atoms with van der Waals surface area (Å²) in [5, 5.41) is 1.76. The summed E-state index contributed by atoms with van der Waals surface area (Å²) in [7, 11) is 0. The first-order valence-electron chi connectivity index (χ1n) is 28.7. The van der Waals surface area contributed by atoms with Gasteiger partial charge in [0.05, 0.1) is 29.3 Å². The highest BCUT2D eigenvalue weighted by Gasteiger charge is 2.51. The number of fused-ring (bicyclic) bond motifs is 4. The van der Waals surface area contributed by atoms with Crippen molar-refractivity contribution in [3.8, 4) is 28.4 Å². The van der Waals surface area contributed by atoms with E-state index in [-0.39, 0.29) is 58.8 Å². The summed E-state index contributed by atoms with van der Waals surface area (Å²) < 4.78 is 51.7. The van der Waals surface area contributed by atoms with E-state index in [2.05, 4.69) is 182 Å². The van der Waals surface area contributed by atoms with Crippen molar-refractivity contribution in [1.82, 2.24) is 9.55 Å². The first-order chi connectivity index (χ1) is 38.7. The van der Waals surface area contributed by atoms with Gasteiger partial charge in [0.2, 0.25) is 0 Å². The number of anilines is 4. The molecule has 18 rings (SSSR count). The van der Waals surface area contributed by atoms with Gasteiger partial charge in [0, 0.05) is 64.1 Å². The van der Waals surface area contributed by atoms with Crippen molar-refractivity contribution in [2.45, 2.75) is 63.7 Å². The molecule has 2 aromatic heterocycles. The number of rotatable bonds is 6. The summed E-state index contributed by atoms with van der Waals surface area (Å²) in [4.78, 5) is 9.90. The standard InChI is InChI=1S/C70H56N4O/c1-42-26-29-55-57(34-42)69-66-53-22-11-9-20-51(53)65(52-21-10-12-23-54(52)66)67(55)58-35-43(2)36-63(68(58)69)73-41-72(60-24-13-14-25-61(60)73)47-18-15-19-48(39-47)75-49-28-30-50-56-37-45(44-16-7-6-8-17-44)27-31-59(56)74(62(50)40-49)64-38-46(32-33-71-64)70(3,4)5/h6-40,65-67,69H,41H2,1-5H3/i6D,7D,8D,16D,17D. The van der Waals surface area contributed by atoms with Crippen LogP contribution in [0.1, 0.15) is 112 Å². The molecular formula is C70H56N4O. The number of hydrogen-bond donors (Lipinski definition) is 0. The fourth-order valence-electron chi connectivity index (χ4n) is 13.5. The van der Waals surface area contributed by atoms with Crippen LogP contribution in [0.4, 0.5) is 22.7 Å². The highest BCUT2D eigenvalue weighted by molar-refractivity contribution is 6.10. The minimum Gasteiger partial charge on any atom is -0.457 e. The molecule has 0 fully saturated rings. The quantitative estimate of drug-likeness (QED) is 0.166. The third kappa shape index (κ3) is 6.73. The Hall–Kier alpha value is -8.67. The van der Waals surface area contributed by atoms with Gasteiger partial charge in [0.15, 0.2) is 0 Å². The van der Waals surface area contributed by atoms with Crippen LogP contribution in [-0.2, 0) is 5.41 Å².